The third-order valence-electron chi connectivity index (χ3n) is 7.78. The maximum atomic E-state index is 14.1. The van der Waals surface area contributed by atoms with Crippen LogP contribution in [0.3, 0.4) is 0 Å². The number of methoxy groups -OCH3 is 1. The van der Waals surface area contributed by atoms with E-state index in [2.05, 4.69) is 15.9 Å². The fraction of sp³-hybridized carbons (Fsp3) is 0.207. The Bertz CT molecular complexity index is 1570. The lowest BCUT2D eigenvalue weighted by Crippen LogP contribution is -2.44. The maximum absolute atomic E-state index is 14.1. The van der Waals surface area contributed by atoms with Gasteiger partial charge >= 0.3 is 0 Å². The number of hydrogen-bond donors (Lipinski definition) is 0. The molecule has 190 valence electrons. The number of carbonyl (C=O) groups is 3. The zero-order valence-electron chi connectivity index (χ0n) is 20.2. The average molecular weight is 573 g/mol. The highest BCUT2D eigenvalue weighted by Gasteiger charge is 2.64. The van der Waals surface area contributed by atoms with E-state index in [9.17, 15) is 14.4 Å². The van der Waals surface area contributed by atoms with Crippen molar-refractivity contribution in [3.8, 4) is 17.2 Å². The fourth-order valence-corrected chi connectivity index (χ4v) is 6.67. The van der Waals surface area contributed by atoms with Crippen LogP contribution in [0.1, 0.15) is 27.5 Å². The van der Waals surface area contributed by atoms with Crippen molar-refractivity contribution in [2.24, 2.45) is 11.8 Å². The zero-order chi connectivity index (χ0) is 26.1. The van der Waals surface area contributed by atoms with Crippen LogP contribution in [0.5, 0.6) is 17.2 Å². The van der Waals surface area contributed by atoms with Crippen molar-refractivity contribution in [1.29, 1.82) is 0 Å². The zero-order valence-corrected chi connectivity index (χ0v) is 21.8. The molecule has 2 amide bonds. The number of hydrogen-bond acceptors (Lipinski definition) is 7. The van der Waals surface area contributed by atoms with Crippen molar-refractivity contribution in [2.75, 3.05) is 18.8 Å². The molecule has 7 rings (SSSR count). The second-order valence-corrected chi connectivity index (χ2v) is 10.5. The molecule has 0 bridgehead atoms. The van der Waals surface area contributed by atoms with Gasteiger partial charge in [0.2, 0.25) is 18.6 Å². The molecule has 0 spiro atoms. The molecule has 0 aromatic heterocycles. The molecule has 4 aliphatic rings. The summed E-state index contributed by atoms with van der Waals surface area (Å²) in [4.78, 5) is 45.3. The Balaban J connectivity index is 1.35. The van der Waals surface area contributed by atoms with Gasteiger partial charge in [-0.25, -0.2) is 4.90 Å². The summed E-state index contributed by atoms with van der Waals surface area (Å²) in [6.45, 7) is 0.0834. The number of imide groups is 1. The van der Waals surface area contributed by atoms with Crippen molar-refractivity contribution in [1.82, 2.24) is 4.90 Å². The van der Waals surface area contributed by atoms with Gasteiger partial charge in [-0.15, -0.1) is 0 Å². The van der Waals surface area contributed by atoms with Crippen molar-refractivity contribution >= 4 is 45.3 Å². The molecule has 4 heterocycles. The minimum atomic E-state index is -0.859. The largest absolute Gasteiger partial charge is 0.496 e. The molecule has 38 heavy (non-hydrogen) atoms. The molecule has 0 radical (unpaired) electrons. The first-order valence-electron chi connectivity index (χ1n) is 12.2. The number of ketones is 1. The minimum absolute atomic E-state index is 0.0834. The number of carbonyl (C=O) groups excluding carboxylic acids is 3. The number of fused-ring (bicyclic) bond motifs is 6. The highest BCUT2D eigenvalue weighted by molar-refractivity contribution is 9.10. The number of halogens is 1. The lowest BCUT2D eigenvalue weighted by Gasteiger charge is -2.35. The summed E-state index contributed by atoms with van der Waals surface area (Å²) in [6.07, 6.45) is 3.78. The van der Waals surface area contributed by atoms with Crippen molar-refractivity contribution in [3.05, 3.63) is 88.0 Å². The highest BCUT2D eigenvalue weighted by atomic mass is 79.9. The number of Topliss-reactive ketones (excluding diaryl/α,β-unsaturated/α-hetero) is 1. The molecule has 0 N–H and O–H groups in total. The van der Waals surface area contributed by atoms with E-state index >= 15 is 0 Å². The summed E-state index contributed by atoms with van der Waals surface area (Å²) in [6, 6.07) is 16.6. The van der Waals surface area contributed by atoms with E-state index in [0.29, 0.717) is 33.0 Å². The van der Waals surface area contributed by atoms with Crippen LogP contribution in [-0.4, -0.2) is 42.4 Å². The van der Waals surface area contributed by atoms with Gasteiger partial charge in [0.1, 0.15) is 11.8 Å². The Morgan fingerprint density at radius 2 is 1.76 bits per heavy atom. The molecular formula is C29H21BrN2O6. The maximum Gasteiger partial charge on any atom is 0.240 e. The number of anilines is 1. The first-order chi connectivity index (χ1) is 18.5. The number of nitrogens with zero attached hydrogens (tertiary/aromatic N) is 2. The van der Waals surface area contributed by atoms with E-state index < -0.39 is 29.8 Å². The third kappa shape index (κ3) is 3.18. The smallest absolute Gasteiger partial charge is 0.240 e. The number of benzene rings is 3. The first kappa shape index (κ1) is 23.0. The standard InChI is InChI=1S/C29H21BrN2O6/c1-36-20-8-6-16(12-19(20)30)27(33)26-24-23(25-18-5-3-2-4-15(18)10-11-31(25)26)28(34)32(29(24)35)17-7-9-21-22(13-17)38-14-37-21/h2-13,23-26H,14H2,1H3/t23-,24-,25+,26-/m0/s1. The van der Waals surface area contributed by atoms with Gasteiger partial charge in [-0.1, -0.05) is 24.3 Å². The van der Waals surface area contributed by atoms with E-state index in [1.54, 1.807) is 43.5 Å². The van der Waals surface area contributed by atoms with Crippen LogP contribution >= 0.6 is 15.9 Å². The van der Waals surface area contributed by atoms with Gasteiger partial charge in [-0.3, -0.25) is 14.4 Å². The Morgan fingerprint density at radius 3 is 2.58 bits per heavy atom. The highest BCUT2D eigenvalue weighted by Crippen LogP contribution is 2.54. The van der Waals surface area contributed by atoms with Gasteiger partial charge in [0.15, 0.2) is 17.3 Å². The normalized spacial score (nSPS) is 24.4. The van der Waals surface area contributed by atoms with Crippen LogP contribution in [0.15, 0.2) is 71.3 Å². The minimum Gasteiger partial charge on any atom is -0.496 e. The monoisotopic (exact) mass is 572 g/mol. The van der Waals surface area contributed by atoms with Gasteiger partial charge in [-0.2, -0.15) is 0 Å². The van der Waals surface area contributed by atoms with Crippen LogP contribution in [0.2, 0.25) is 0 Å². The molecule has 9 heteroatoms. The number of amides is 2. The van der Waals surface area contributed by atoms with Crippen molar-refractivity contribution in [2.45, 2.75) is 12.1 Å². The quantitative estimate of drug-likeness (QED) is 0.334. The lowest BCUT2D eigenvalue weighted by molar-refractivity contribution is -0.123. The van der Waals surface area contributed by atoms with Crippen LogP contribution < -0.4 is 19.1 Å². The van der Waals surface area contributed by atoms with Crippen molar-refractivity contribution in [3.63, 3.8) is 0 Å². The van der Waals surface area contributed by atoms with Crippen LogP contribution in [0.25, 0.3) is 6.08 Å². The van der Waals surface area contributed by atoms with Gasteiger partial charge in [0.25, 0.3) is 0 Å². The Morgan fingerprint density at radius 1 is 0.974 bits per heavy atom. The van der Waals surface area contributed by atoms with E-state index in [0.717, 1.165) is 11.1 Å². The summed E-state index contributed by atoms with van der Waals surface area (Å²) in [7, 11) is 1.55. The second-order valence-electron chi connectivity index (χ2n) is 9.60. The molecule has 2 fully saturated rings. The Labute approximate surface area is 226 Å². The summed E-state index contributed by atoms with van der Waals surface area (Å²) in [5.74, 6) is -0.917. The molecule has 4 atom stereocenters. The van der Waals surface area contributed by atoms with Crippen LogP contribution in [-0.2, 0) is 9.59 Å². The van der Waals surface area contributed by atoms with Gasteiger partial charge in [-0.05, 0) is 63.5 Å². The number of rotatable bonds is 4. The van der Waals surface area contributed by atoms with E-state index in [1.165, 1.54) is 4.90 Å². The molecule has 3 aromatic rings. The molecule has 0 aliphatic carbocycles. The third-order valence-corrected chi connectivity index (χ3v) is 8.40. The van der Waals surface area contributed by atoms with E-state index in [1.807, 2.05) is 41.4 Å². The predicted octanol–water partition coefficient (Wildman–Crippen LogP) is 4.58. The van der Waals surface area contributed by atoms with Gasteiger partial charge in [0.05, 0.1) is 35.1 Å². The summed E-state index contributed by atoms with van der Waals surface area (Å²) in [5, 5.41) is 0. The lowest BCUT2D eigenvalue weighted by atomic mass is 9.83. The van der Waals surface area contributed by atoms with Gasteiger partial charge < -0.3 is 19.1 Å². The summed E-state index contributed by atoms with van der Waals surface area (Å²) < 4.78 is 16.8. The number of ether oxygens (including phenoxy) is 3. The molecular weight excluding hydrogens is 552 g/mol. The molecule has 8 nitrogen and oxygen atoms in total. The van der Waals surface area contributed by atoms with E-state index in [4.69, 9.17) is 14.2 Å². The summed E-state index contributed by atoms with van der Waals surface area (Å²) >= 11 is 3.46. The summed E-state index contributed by atoms with van der Waals surface area (Å²) in [5.41, 5.74) is 2.72. The fourth-order valence-electron chi connectivity index (χ4n) is 6.13. The predicted molar refractivity (Wildman–Crippen MR) is 141 cm³/mol. The molecule has 0 unspecified atom stereocenters. The molecule has 4 aliphatic heterocycles. The van der Waals surface area contributed by atoms with Crippen LogP contribution in [0.4, 0.5) is 5.69 Å². The van der Waals surface area contributed by atoms with Crippen LogP contribution in [0, 0.1) is 11.8 Å². The molecule has 0 saturated carbocycles. The Kier molecular flexibility index (Phi) is 5.13. The first-order valence-corrected chi connectivity index (χ1v) is 13.0. The van der Waals surface area contributed by atoms with Crippen molar-refractivity contribution < 1.29 is 28.6 Å². The molecule has 3 aromatic carbocycles. The SMILES string of the molecule is COc1ccc(C(=O)[C@@H]2[C@H]3C(=O)N(c4ccc5c(c4)OCO5)C(=O)[C@@H]3[C@H]3c4ccccc4C=CN23)cc1Br. The second kappa shape index (κ2) is 8.46. The van der Waals surface area contributed by atoms with Gasteiger partial charge in [0, 0.05) is 17.8 Å². The molecule has 2 saturated heterocycles. The van der Waals surface area contributed by atoms with E-state index in [-0.39, 0.29) is 18.5 Å². The Hall–Kier alpha value is -4.11. The average Bonchev–Trinajstić information content (AvgIpc) is 3.61. The topological polar surface area (TPSA) is 85.4 Å².